The molecule has 0 aliphatic heterocycles. The van der Waals surface area contributed by atoms with E-state index in [1.54, 1.807) is 26.2 Å². The highest BCUT2D eigenvalue weighted by atomic mass is 35.5. The summed E-state index contributed by atoms with van der Waals surface area (Å²) in [5, 5.41) is 10.0. The van der Waals surface area contributed by atoms with E-state index in [-0.39, 0.29) is 19.1 Å². The molecule has 0 aliphatic rings. The van der Waals surface area contributed by atoms with Crippen molar-refractivity contribution < 1.29 is 9.90 Å². The van der Waals surface area contributed by atoms with Gasteiger partial charge in [-0.25, -0.2) is 0 Å². The summed E-state index contributed by atoms with van der Waals surface area (Å²) in [4.78, 5) is 15.1. The van der Waals surface area contributed by atoms with Gasteiger partial charge in [0.15, 0.2) is 0 Å². The molecule has 0 aliphatic carbocycles. The molecule has 0 fully saturated rings. The molecule has 1 N–H and O–H groups in total. The highest BCUT2D eigenvalue weighted by Gasteiger charge is 2.13. The first-order valence-electron chi connectivity index (χ1n) is 5.91. The Hall–Kier alpha value is -0.810. The van der Waals surface area contributed by atoms with Crippen LogP contribution in [0.25, 0.3) is 0 Å². The van der Waals surface area contributed by atoms with Crippen LogP contribution >= 0.6 is 23.2 Å². The molecule has 0 aromatic heterocycles. The highest BCUT2D eigenvalue weighted by molar-refractivity contribution is 6.42. The Kier molecular flexibility index (Phi) is 6.58. The molecule has 0 bridgehead atoms. The number of hydrogen-bond donors (Lipinski definition) is 1. The maximum absolute atomic E-state index is 11.7. The van der Waals surface area contributed by atoms with E-state index in [1.807, 2.05) is 11.0 Å². The van der Waals surface area contributed by atoms with Gasteiger partial charge in [-0.05, 0) is 17.7 Å². The summed E-state index contributed by atoms with van der Waals surface area (Å²) in [6, 6.07) is 5.36. The normalized spacial score (nSPS) is 10.8. The maximum Gasteiger partial charge on any atom is 0.236 e. The predicted octanol–water partition coefficient (Wildman–Crippen LogP) is 1.88. The number of likely N-dealkylation sites (N-methyl/N-ethyl adjacent to an activating group) is 1. The highest BCUT2D eigenvalue weighted by Crippen LogP contribution is 2.23. The molecule has 0 atom stereocenters. The summed E-state index contributed by atoms with van der Waals surface area (Å²) in [6.45, 7) is 1.23. The number of aliphatic hydroxyl groups excluding tert-OH is 1. The summed E-state index contributed by atoms with van der Waals surface area (Å²) < 4.78 is 0. The van der Waals surface area contributed by atoms with E-state index in [9.17, 15) is 4.79 Å². The number of carbonyl (C=O) groups is 1. The Morgan fingerprint density at radius 3 is 2.47 bits per heavy atom. The lowest BCUT2D eigenvalue weighted by atomic mass is 10.2. The molecule has 0 unspecified atom stereocenters. The molecule has 19 heavy (non-hydrogen) atoms. The Labute approximate surface area is 123 Å². The van der Waals surface area contributed by atoms with Gasteiger partial charge in [-0.15, -0.1) is 0 Å². The fraction of sp³-hybridized carbons (Fsp3) is 0.462. The first-order valence-corrected chi connectivity index (χ1v) is 6.67. The molecule has 0 saturated carbocycles. The zero-order chi connectivity index (χ0) is 14.4. The van der Waals surface area contributed by atoms with Gasteiger partial charge in [0.25, 0.3) is 0 Å². The summed E-state index contributed by atoms with van der Waals surface area (Å²) >= 11 is 11.8. The number of hydrogen-bond acceptors (Lipinski definition) is 3. The van der Waals surface area contributed by atoms with Crippen molar-refractivity contribution in [3.63, 3.8) is 0 Å². The number of nitrogens with zero attached hydrogens (tertiary/aromatic N) is 2. The van der Waals surface area contributed by atoms with E-state index < -0.39 is 0 Å². The predicted molar refractivity (Wildman–Crippen MR) is 77.5 cm³/mol. The van der Waals surface area contributed by atoms with E-state index in [0.29, 0.717) is 23.1 Å². The molecule has 0 heterocycles. The number of carbonyl (C=O) groups excluding carboxylic acids is 1. The van der Waals surface area contributed by atoms with Gasteiger partial charge in [-0.1, -0.05) is 29.3 Å². The summed E-state index contributed by atoms with van der Waals surface area (Å²) in [7, 11) is 3.41. The van der Waals surface area contributed by atoms with Crippen molar-refractivity contribution in [3.8, 4) is 0 Å². The lowest BCUT2D eigenvalue weighted by Gasteiger charge is -2.22. The van der Waals surface area contributed by atoms with Crippen LogP contribution in [0.2, 0.25) is 10.0 Å². The van der Waals surface area contributed by atoms with Crippen LogP contribution < -0.4 is 0 Å². The lowest BCUT2D eigenvalue weighted by molar-refractivity contribution is -0.130. The molecule has 0 saturated heterocycles. The van der Waals surface area contributed by atoms with Crippen molar-refractivity contribution in [1.82, 2.24) is 9.80 Å². The minimum absolute atomic E-state index is 0.00201. The number of benzene rings is 1. The summed E-state index contributed by atoms with van der Waals surface area (Å²) in [5.74, 6) is -0.00601. The van der Waals surface area contributed by atoms with Crippen LogP contribution in [-0.2, 0) is 11.3 Å². The van der Waals surface area contributed by atoms with Crippen molar-refractivity contribution in [2.45, 2.75) is 6.54 Å². The second-order valence-corrected chi connectivity index (χ2v) is 5.29. The first kappa shape index (κ1) is 16.2. The van der Waals surface area contributed by atoms with Crippen molar-refractivity contribution in [2.24, 2.45) is 0 Å². The van der Waals surface area contributed by atoms with Gasteiger partial charge < -0.3 is 10.0 Å². The summed E-state index contributed by atoms with van der Waals surface area (Å²) in [6.07, 6.45) is 0. The van der Waals surface area contributed by atoms with Gasteiger partial charge in [0.1, 0.15) is 0 Å². The monoisotopic (exact) mass is 304 g/mol. The standard InChI is InChI=1S/C13H18Cl2N2O2/c1-16(2)13(19)9-17(5-6-18)8-10-3-4-11(14)12(15)7-10/h3-4,7,18H,5-6,8-9H2,1-2H3. The largest absolute Gasteiger partial charge is 0.395 e. The molecule has 6 heteroatoms. The maximum atomic E-state index is 11.7. The minimum atomic E-state index is -0.00601. The third-order valence-corrected chi connectivity index (χ3v) is 3.40. The average molecular weight is 305 g/mol. The molecule has 1 amide bonds. The van der Waals surface area contributed by atoms with Gasteiger partial charge in [0.2, 0.25) is 5.91 Å². The third-order valence-electron chi connectivity index (χ3n) is 2.66. The minimum Gasteiger partial charge on any atom is -0.395 e. The van der Waals surface area contributed by atoms with Crippen LogP contribution in [-0.4, -0.2) is 54.6 Å². The molecular weight excluding hydrogens is 287 g/mol. The fourth-order valence-electron chi connectivity index (χ4n) is 1.58. The molecule has 1 aromatic carbocycles. The number of aliphatic hydroxyl groups is 1. The number of rotatable bonds is 6. The molecule has 1 rings (SSSR count). The second-order valence-electron chi connectivity index (χ2n) is 4.47. The third kappa shape index (κ3) is 5.37. The Morgan fingerprint density at radius 1 is 1.26 bits per heavy atom. The fourth-order valence-corrected chi connectivity index (χ4v) is 1.91. The summed E-state index contributed by atoms with van der Waals surface area (Å²) in [5.41, 5.74) is 0.953. The van der Waals surface area contributed by atoms with Gasteiger partial charge in [-0.2, -0.15) is 0 Å². The van der Waals surface area contributed by atoms with Crippen LogP contribution in [0.4, 0.5) is 0 Å². The van der Waals surface area contributed by atoms with Gasteiger partial charge >= 0.3 is 0 Å². The van der Waals surface area contributed by atoms with Crippen molar-refractivity contribution >= 4 is 29.1 Å². The SMILES string of the molecule is CN(C)C(=O)CN(CCO)Cc1ccc(Cl)c(Cl)c1. The number of amides is 1. The molecule has 0 radical (unpaired) electrons. The van der Waals surface area contributed by atoms with E-state index in [0.717, 1.165) is 5.56 Å². The molecule has 0 spiro atoms. The van der Waals surface area contributed by atoms with E-state index in [2.05, 4.69) is 0 Å². The molecule has 1 aromatic rings. The smallest absolute Gasteiger partial charge is 0.236 e. The van der Waals surface area contributed by atoms with Crippen molar-refractivity contribution in [2.75, 3.05) is 33.8 Å². The first-order chi connectivity index (χ1) is 8.93. The van der Waals surface area contributed by atoms with Crippen LogP contribution in [0, 0.1) is 0 Å². The zero-order valence-electron chi connectivity index (χ0n) is 11.1. The van der Waals surface area contributed by atoms with Crippen LogP contribution in [0.1, 0.15) is 5.56 Å². The Morgan fingerprint density at radius 2 is 1.95 bits per heavy atom. The van der Waals surface area contributed by atoms with Crippen molar-refractivity contribution in [3.05, 3.63) is 33.8 Å². The van der Waals surface area contributed by atoms with Crippen LogP contribution in [0.5, 0.6) is 0 Å². The molecular formula is C13H18Cl2N2O2. The lowest BCUT2D eigenvalue weighted by Crippen LogP contribution is -2.37. The number of halogens is 2. The Balaban J connectivity index is 2.71. The average Bonchev–Trinajstić information content (AvgIpc) is 2.34. The van der Waals surface area contributed by atoms with Gasteiger partial charge in [0.05, 0.1) is 23.2 Å². The Bertz CT molecular complexity index is 439. The van der Waals surface area contributed by atoms with Gasteiger partial charge in [-0.3, -0.25) is 9.69 Å². The molecule has 106 valence electrons. The van der Waals surface area contributed by atoms with Crippen LogP contribution in [0.3, 0.4) is 0 Å². The van der Waals surface area contributed by atoms with Gasteiger partial charge in [0, 0.05) is 27.2 Å². The van der Waals surface area contributed by atoms with E-state index in [1.165, 1.54) is 4.90 Å². The second kappa shape index (κ2) is 7.70. The van der Waals surface area contributed by atoms with Crippen molar-refractivity contribution in [1.29, 1.82) is 0 Å². The zero-order valence-corrected chi connectivity index (χ0v) is 12.6. The molecule has 4 nitrogen and oxygen atoms in total. The topological polar surface area (TPSA) is 43.8 Å². The van der Waals surface area contributed by atoms with E-state index >= 15 is 0 Å². The quantitative estimate of drug-likeness (QED) is 0.872. The van der Waals surface area contributed by atoms with E-state index in [4.69, 9.17) is 28.3 Å². The van der Waals surface area contributed by atoms with Crippen LogP contribution in [0.15, 0.2) is 18.2 Å².